The fourth-order valence-electron chi connectivity index (χ4n) is 1.67. The lowest BCUT2D eigenvalue weighted by molar-refractivity contribution is 1.35. The van der Waals surface area contributed by atoms with Gasteiger partial charge in [0, 0.05) is 16.9 Å². The molecule has 1 heterocycles. The van der Waals surface area contributed by atoms with Gasteiger partial charge in [-0.1, -0.05) is 33.7 Å². The summed E-state index contributed by atoms with van der Waals surface area (Å²) in [7, 11) is 3.73. The second-order valence-corrected chi connectivity index (χ2v) is 8.15. The minimum Gasteiger partial charge on any atom is -0.0521 e. The van der Waals surface area contributed by atoms with Crippen molar-refractivity contribution >= 4 is 66.8 Å². The first kappa shape index (κ1) is 11.7. The Hall–Kier alpha value is 0.600. The summed E-state index contributed by atoms with van der Waals surface area (Å²) in [5.41, 5.74) is 2.74. The highest BCUT2D eigenvalue weighted by Gasteiger charge is 2.17. The highest BCUT2D eigenvalue weighted by atomic mass is 127. The Bertz CT molecular complexity index is 515. The summed E-state index contributed by atoms with van der Waals surface area (Å²) in [6, 6.07) is 13.3. The van der Waals surface area contributed by atoms with Gasteiger partial charge in [-0.05, 0) is 80.6 Å². The van der Waals surface area contributed by atoms with E-state index < -0.39 is 0 Å². The second kappa shape index (κ2) is 4.70. The molecular weight excluding hydrogens is 462 g/mol. The number of halogens is 2. The number of hydrogen-bond donors (Lipinski definition) is 0. The first-order valence-electron chi connectivity index (χ1n) is 4.68. The van der Waals surface area contributed by atoms with Gasteiger partial charge < -0.3 is 0 Å². The molecule has 0 fully saturated rings. The summed E-state index contributed by atoms with van der Waals surface area (Å²) in [5, 5.41) is 0. The van der Waals surface area contributed by atoms with Gasteiger partial charge in [0.25, 0.3) is 0 Å². The average Bonchev–Trinajstić information content (AvgIpc) is 2.28. The van der Waals surface area contributed by atoms with Crippen LogP contribution in [-0.2, 0) is 0 Å². The summed E-state index contributed by atoms with van der Waals surface area (Å²) < 4.78 is 2.61. The van der Waals surface area contributed by atoms with Crippen molar-refractivity contribution in [2.45, 2.75) is 9.79 Å². The van der Waals surface area contributed by atoms with Crippen molar-refractivity contribution in [3.63, 3.8) is 0 Å². The molecule has 0 bridgehead atoms. The van der Waals surface area contributed by atoms with Crippen LogP contribution in [0.4, 0.5) is 0 Å². The van der Waals surface area contributed by atoms with Crippen molar-refractivity contribution in [1.29, 1.82) is 0 Å². The van der Waals surface area contributed by atoms with Crippen LogP contribution in [0.25, 0.3) is 11.1 Å². The van der Waals surface area contributed by atoms with Crippen molar-refractivity contribution in [3.05, 3.63) is 43.5 Å². The van der Waals surface area contributed by atoms with Crippen molar-refractivity contribution < 1.29 is 0 Å². The van der Waals surface area contributed by atoms with Crippen molar-refractivity contribution in [2.24, 2.45) is 0 Å². The van der Waals surface area contributed by atoms with Gasteiger partial charge in [0.1, 0.15) is 0 Å². The molecule has 0 aliphatic carbocycles. The van der Waals surface area contributed by atoms with Gasteiger partial charge in [0.05, 0.1) is 0 Å². The van der Waals surface area contributed by atoms with Crippen LogP contribution in [0.5, 0.6) is 0 Å². The molecule has 80 valence electrons. The summed E-state index contributed by atoms with van der Waals surface area (Å²) in [5.74, 6) is 0. The minimum atomic E-state index is 1.30. The monoisotopic (exact) mass is 468 g/mol. The number of benzene rings is 2. The SMILES string of the molecule is Ic1ccc2c(c1)SSc1cc(I)ccc1-2. The summed E-state index contributed by atoms with van der Waals surface area (Å²) in [4.78, 5) is 2.76. The van der Waals surface area contributed by atoms with E-state index in [2.05, 4.69) is 81.6 Å². The van der Waals surface area contributed by atoms with Gasteiger partial charge in [0.15, 0.2) is 0 Å². The predicted molar refractivity (Wildman–Crippen MR) is 89.0 cm³/mol. The number of hydrogen-bond acceptors (Lipinski definition) is 2. The van der Waals surface area contributed by atoms with Crippen molar-refractivity contribution in [1.82, 2.24) is 0 Å². The zero-order chi connectivity index (χ0) is 11.1. The Kier molecular flexibility index (Phi) is 3.43. The first-order chi connectivity index (χ1) is 7.74. The lowest BCUT2D eigenvalue weighted by Gasteiger charge is -2.18. The first-order valence-corrected chi connectivity index (χ1v) is 8.99. The fraction of sp³-hybridized carbons (Fsp3) is 0. The van der Waals surface area contributed by atoms with Gasteiger partial charge in [-0.3, -0.25) is 0 Å². The molecule has 0 radical (unpaired) electrons. The molecule has 16 heavy (non-hydrogen) atoms. The molecule has 0 spiro atoms. The topological polar surface area (TPSA) is 0 Å². The van der Waals surface area contributed by atoms with Gasteiger partial charge >= 0.3 is 0 Å². The smallest absolute Gasteiger partial charge is 0.0275 e. The van der Waals surface area contributed by atoms with Crippen LogP contribution in [0.1, 0.15) is 0 Å². The molecule has 3 rings (SSSR count). The van der Waals surface area contributed by atoms with Crippen LogP contribution in [-0.4, -0.2) is 0 Å². The quantitative estimate of drug-likeness (QED) is 0.361. The predicted octanol–water partition coefficient (Wildman–Crippen LogP) is 5.68. The molecule has 2 aromatic rings. The Labute approximate surface area is 130 Å². The van der Waals surface area contributed by atoms with Gasteiger partial charge in [-0.2, -0.15) is 0 Å². The van der Waals surface area contributed by atoms with Crippen molar-refractivity contribution in [2.75, 3.05) is 0 Å². The third-order valence-electron chi connectivity index (χ3n) is 2.40. The maximum Gasteiger partial charge on any atom is 0.0275 e. The minimum absolute atomic E-state index is 1.30. The van der Waals surface area contributed by atoms with Crippen LogP contribution < -0.4 is 0 Å². The lowest BCUT2D eigenvalue weighted by Crippen LogP contribution is -1.90. The molecule has 2 aromatic carbocycles. The molecular formula is C12H6I2S2. The van der Waals surface area contributed by atoms with E-state index in [1.807, 2.05) is 21.6 Å². The summed E-state index contributed by atoms with van der Waals surface area (Å²) in [6.45, 7) is 0. The van der Waals surface area contributed by atoms with E-state index in [9.17, 15) is 0 Å². The summed E-state index contributed by atoms with van der Waals surface area (Å²) >= 11 is 4.73. The van der Waals surface area contributed by atoms with E-state index in [1.165, 1.54) is 28.1 Å². The van der Waals surface area contributed by atoms with Crippen LogP contribution in [0.3, 0.4) is 0 Å². The molecule has 0 saturated heterocycles. The zero-order valence-electron chi connectivity index (χ0n) is 8.04. The van der Waals surface area contributed by atoms with Gasteiger partial charge in [-0.25, -0.2) is 0 Å². The third-order valence-corrected chi connectivity index (χ3v) is 6.19. The Morgan fingerprint density at radius 2 is 1.12 bits per heavy atom. The summed E-state index contributed by atoms with van der Waals surface area (Å²) in [6.07, 6.45) is 0. The Morgan fingerprint density at radius 3 is 1.56 bits per heavy atom. The number of rotatable bonds is 0. The molecule has 0 nitrogen and oxygen atoms in total. The molecule has 0 atom stereocenters. The number of fused-ring (bicyclic) bond motifs is 3. The van der Waals surface area contributed by atoms with Crippen LogP contribution >= 0.6 is 66.8 Å². The maximum absolute atomic E-state index is 2.37. The van der Waals surface area contributed by atoms with E-state index in [-0.39, 0.29) is 0 Å². The molecule has 0 saturated carbocycles. The van der Waals surface area contributed by atoms with Crippen LogP contribution in [0, 0.1) is 7.14 Å². The fourth-order valence-corrected chi connectivity index (χ4v) is 5.50. The highest BCUT2D eigenvalue weighted by molar-refractivity contribution is 14.1. The highest BCUT2D eigenvalue weighted by Crippen LogP contribution is 2.51. The molecule has 1 aliphatic heterocycles. The average molecular weight is 468 g/mol. The van der Waals surface area contributed by atoms with Crippen molar-refractivity contribution in [3.8, 4) is 11.1 Å². The van der Waals surface area contributed by atoms with E-state index in [0.717, 1.165) is 0 Å². The van der Waals surface area contributed by atoms with Crippen LogP contribution in [0.2, 0.25) is 0 Å². The Balaban J connectivity index is 2.23. The van der Waals surface area contributed by atoms with E-state index in [1.54, 1.807) is 0 Å². The largest absolute Gasteiger partial charge is 0.0521 e. The van der Waals surface area contributed by atoms with Gasteiger partial charge in [0.2, 0.25) is 0 Å². The molecule has 1 aliphatic rings. The van der Waals surface area contributed by atoms with Crippen LogP contribution in [0.15, 0.2) is 46.2 Å². The lowest BCUT2D eigenvalue weighted by atomic mass is 10.1. The van der Waals surface area contributed by atoms with E-state index >= 15 is 0 Å². The molecule has 4 heteroatoms. The van der Waals surface area contributed by atoms with E-state index in [4.69, 9.17) is 0 Å². The van der Waals surface area contributed by atoms with Gasteiger partial charge in [-0.15, -0.1) is 0 Å². The molecule has 0 unspecified atom stereocenters. The normalized spacial score (nSPS) is 13.1. The second-order valence-electron chi connectivity index (χ2n) is 3.45. The standard InChI is InChI=1S/C12H6I2S2/c13-7-1-3-9-10-4-2-8(14)6-12(10)16-15-11(9)5-7/h1-6H. The zero-order valence-corrected chi connectivity index (χ0v) is 14.0. The molecule has 0 aromatic heterocycles. The maximum atomic E-state index is 2.37. The Morgan fingerprint density at radius 1 is 0.688 bits per heavy atom. The molecule has 0 N–H and O–H groups in total. The molecule has 0 amide bonds. The van der Waals surface area contributed by atoms with E-state index in [0.29, 0.717) is 0 Å². The third kappa shape index (κ3) is 2.13.